The molecule has 1 aromatic rings. The van der Waals surface area contributed by atoms with Gasteiger partial charge in [0.15, 0.2) is 0 Å². The first-order valence-corrected chi connectivity index (χ1v) is 6.05. The second-order valence-corrected chi connectivity index (χ2v) is 4.66. The Bertz CT molecular complexity index is 455. The van der Waals surface area contributed by atoms with Crippen LogP contribution in [0.5, 0.6) is 5.75 Å². The molecule has 1 atom stereocenters. The van der Waals surface area contributed by atoms with Gasteiger partial charge >= 0.3 is 5.97 Å². The fourth-order valence-corrected chi connectivity index (χ4v) is 2.53. The highest BCUT2D eigenvalue weighted by Crippen LogP contribution is 2.39. The number of ether oxygens (including phenoxy) is 2. The molecule has 18 heavy (non-hydrogen) atoms. The summed E-state index contributed by atoms with van der Waals surface area (Å²) >= 11 is 0. The Hall–Kier alpha value is -1.55. The molecular formula is C14H18O4. The Morgan fingerprint density at radius 3 is 2.89 bits per heavy atom. The lowest BCUT2D eigenvalue weighted by atomic mass is 9.77. The van der Waals surface area contributed by atoms with Crippen LogP contribution in [0.4, 0.5) is 0 Å². The number of carbonyl (C=O) groups excluding carboxylic acids is 1. The highest BCUT2D eigenvalue weighted by atomic mass is 16.5. The van der Waals surface area contributed by atoms with Crippen molar-refractivity contribution in [3.8, 4) is 5.75 Å². The fraction of sp³-hybridized carbons (Fsp3) is 0.500. The molecule has 2 rings (SSSR count). The van der Waals surface area contributed by atoms with Crippen LogP contribution in [-0.4, -0.2) is 25.3 Å². The lowest BCUT2D eigenvalue weighted by Gasteiger charge is -2.33. The molecule has 0 amide bonds. The van der Waals surface area contributed by atoms with Gasteiger partial charge in [0.1, 0.15) is 11.4 Å². The van der Waals surface area contributed by atoms with Crippen molar-refractivity contribution in [1.82, 2.24) is 0 Å². The van der Waals surface area contributed by atoms with Crippen molar-refractivity contribution in [2.75, 3.05) is 14.2 Å². The molecule has 1 unspecified atom stereocenters. The molecule has 0 fully saturated rings. The Morgan fingerprint density at radius 2 is 2.22 bits per heavy atom. The molecule has 1 aliphatic carbocycles. The maximum atomic E-state index is 11.4. The third kappa shape index (κ3) is 2.34. The molecule has 0 aliphatic heterocycles. The van der Waals surface area contributed by atoms with Crippen molar-refractivity contribution >= 4 is 5.97 Å². The van der Waals surface area contributed by atoms with E-state index in [0.717, 1.165) is 24.0 Å². The molecule has 4 heteroatoms. The zero-order valence-electron chi connectivity index (χ0n) is 10.7. The highest BCUT2D eigenvalue weighted by molar-refractivity contribution is 5.71. The molecule has 0 aromatic heterocycles. The minimum absolute atomic E-state index is 0.0103. The van der Waals surface area contributed by atoms with Crippen molar-refractivity contribution in [1.29, 1.82) is 0 Å². The maximum absolute atomic E-state index is 11.4. The molecular weight excluding hydrogens is 232 g/mol. The first-order chi connectivity index (χ1) is 8.59. The van der Waals surface area contributed by atoms with E-state index >= 15 is 0 Å². The van der Waals surface area contributed by atoms with Gasteiger partial charge in [0.05, 0.1) is 20.6 Å². The first-order valence-electron chi connectivity index (χ1n) is 6.05. The molecule has 98 valence electrons. The number of fused-ring (bicyclic) bond motifs is 1. The van der Waals surface area contributed by atoms with Crippen LogP contribution in [-0.2, 0) is 21.6 Å². The number of carbonyl (C=O) groups is 1. The topological polar surface area (TPSA) is 55.8 Å². The molecule has 0 bridgehead atoms. The molecule has 0 heterocycles. The number of aryl methyl sites for hydroxylation is 1. The zero-order valence-corrected chi connectivity index (χ0v) is 10.7. The summed E-state index contributed by atoms with van der Waals surface area (Å²) < 4.78 is 9.84. The van der Waals surface area contributed by atoms with Crippen LogP contribution < -0.4 is 4.74 Å². The highest BCUT2D eigenvalue weighted by Gasteiger charge is 2.37. The maximum Gasteiger partial charge on any atom is 0.308 e. The molecule has 1 aromatic carbocycles. The molecule has 1 N–H and O–H groups in total. The minimum Gasteiger partial charge on any atom is -0.497 e. The van der Waals surface area contributed by atoms with Crippen molar-refractivity contribution in [3.63, 3.8) is 0 Å². The van der Waals surface area contributed by atoms with Crippen LogP contribution in [0, 0.1) is 0 Å². The van der Waals surface area contributed by atoms with E-state index in [1.54, 1.807) is 7.11 Å². The van der Waals surface area contributed by atoms with Crippen LogP contribution in [0.1, 0.15) is 30.4 Å². The van der Waals surface area contributed by atoms with Gasteiger partial charge in [0.2, 0.25) is 0 Å². The van der Waals surface area contributed by atoms with E-state index in [2.05, 4.69) is 4.74 Å². The third-order valence-corrected chi connectivity index (χ3v) is 3.52. The molecule has 4 nitrogen and oxygen atoms in total. The monoisotopic (exact) mass is 250 g/mol. The Balaban J connectivity index is 2.38. The summed E-state index contributed by atoms with van der Waals surface area (Å²) in [6, 6.07) is 5.65. The van der Waals surface area contributed by atoms with E-state index < -0.39 is 11.6 Å². The van der Waals surface area contributed by atoms with Crippen molar-refractivity contribution in [3.05, 3.63) is 29.3 Å². The largest absolute Gasteiger partial charge is 0.497 e. The van der Waals surface area contributed by atoms with E-state index in [1.165, 1.54) is 7.11 Å². The summed E-state index contributed by atoms with van der Waals surface area (Å²) in [5.74, 6) is 0.298. The van der Waals surface area contributed by atoms with Crippen LogP contribution in [0.25, 0.3) is 0 Å². The summed E-state index contributed by atoms with van der Waals surface area (Å²) in [4.78, 5) is 11.4. The molecule has 0 spiro atoms. The van der Waals surface area contributed by atoms with Gasteiger partial charge in [-0.2, -0.15) is 0 Å². The van der Waals surface area contributed by atoms with Crippen LogP contribution in [0.15, 0.2) is 18.2 Å². The standard InChI is InChI=1S/C14H18O4/c1-17-11-6-5-10-4-3-7-14(16,12(10)8-11)9-13(15)18-2/h5-6,8,16H,3-4,7,9H2,1-2H3. The second-order valence-electron chi connectivity index (χ2n) is 4.66. The molecule has 1 aliphatic rings. The van der Waals surface area contributed by atoms with E-state index in [4.69, 9.17) is 4.74 Å². The predicted molar refractivity (Wildman–Crippen MR) is 66.5 cm³/mol. The smallest absolute Gasteiger partial charge is 0.308 e. The van der Waals surface area contributed by atoms with Crippen molar-refractivity contribution < 1.29 is 19.4 Å². The number of hydrogen-bond donors (Lipinski definition) is 1. The fourth-order valence-electron chi connectivity index (χ4n) is 2.53. The lowest BCUT2D eigenvalue weighted by molar-refractivity contribution is -0.147. The molecule has 0 saturated carbocycles. The van der Waals surface area contributed by atoms with E-state index in [0.29, 0.717) is 12.2 Å². The van der Waals surface area contributed by atoms with E-state index in [1.807, 2.05) is 18.2 Å². The van der Waals surface area contributed by atoms with Crippen LogP contribution in [0.3, 0.4) is 0 Å². The predicted octanol–water partition coefficient (Wildman–Crippen LogP) is 1.78. The van der Waals surface area contributed by atoms with Crippen LogP contribution >= 0.6 is 0 Å². The van der Waals surface area contributed by atoms with Gasteiger partial charge in [-0.3, -0.25) is 4.79 Å². The van der Waals surface area contributed by atoms with Gasteiger partial charge < -0.3 is 14.6 Å². The first kappa shape index (κ1) is 12.9. The quantitative estimate of drug-likeness (QED) is 0.831. The summed E-state index contributed by atoms with van der Waals surface area (Å²) in [5, 5.41) is 10.7. The summed E-state index contributed by atoms with van der Waals surface area (Å²) in [6.45, 7) is 0. The minimum atomic E-state index is -1.13. The number of aliphatic hydroxyl groups is 1. The number of benzene rings is 1. The molecule has 0 saturated heterocycles. The summed E-state index contributed by atoms with van der Waals surface area (Å²) in [6.07, 6.45) is 2.35. The average molecular weight is 250 g/mol. The van der Waals surface area contributed by atoms with Crippen LogP contribution in [0.2, 0.25) is 0 Å². The van der Waals surface area contributed by atoms with Gasteiger partial charge in [0, 0.05) is 0 Å². The van der Waals surface area contributed by atoms with Gasteiger partial charge in [-0.1, -0.05) is 6.07 Å². The van der Waals surface area contributed by atoms with Gasteiger partial charge in [0.25, 0.3) is 0 Å². The summed E-state index contributed by atoms with van der Waals surface area (Å²) in [7, 11) is 2.92. The third-order valence-electron chi connectivity index (χ3n) is 3.52. The van der Waals surface area contributed by atoms with Crippen molar-refractivity contribution in [2.45, 2.75) is 31.3 Å². The Kier molecular flexibility index (Phi) is 3.57. The average Bonchev–Trinajstić information content (AvgIpc) is 2.38. The van der Waals surface area contributed by atoms with Gasteiger partial charge in [-0.15, -0.1) is 0 Å². The zero-order chi connectivity index (χ0) is 13.2. The summed E-state index contributed by atoms with van der Waals surface area (Å²) in [5.41, 5.74) is 0.738. The molecule has 0 radical (unpaired) electrons. The Labute approximate surface area is 107 Å². The van der Waals surface area contributed by atoms with Gasteiger partial charge in [-0.25, -0.2) is 0 Å². The number of rotatable bonds is 3. The number of esters is 1. The van der Waals surface area contributed by atoms with Gasteiger partial charge in [-0.05, 0) is 42.5 Å². The normalized spacial score (nSPS) is 22.2. The second kappa shape index (κ2) is 4.98. The number of hydrogen-bond acceptors (Lipinski definition) is 4. The van der Waals surface area contributed by atoms with E-state index in [-0.39, 0.29) is 6.42 Å². The van der Waals surface area contributed by atoms with Crippen molar-refractivity contribution in [2.24, 2.45) is 0 Å². The van der Waals surface area contributed by atoms with E-state index in [9.17, 15) is 9.90 Å². The number of methoxy groups -OCH3 is 2. The SMILES string of the molecule is COC(=O)CC1(O)CCCc2ccc(OC)cc21. The lowest BCUT2D eigenvalue weighted by Crippen LogP contribution is -2.33. The Morgan fingerprint density at radius 1 is 1.44 bits per heavy atom.